The van der Waals surface area contributed by atoms with Gasteiger partial charge < -0.3 is 15.0 Å². The van der Waals surface area contributed by atoms with Crippen LogP contribution in [0, 0.1) is 5.92 Å². The van der Waals surface area contributed by atoms with Crippen molar-refractivity contribution in [3.63, 3.8) is 0 Å². The lowest BCUT2D eigenvalue weighted by Crippen LogP contribution is -2.60. The second-order valence-corrected chi connectivity index (χ2v) is 8.72. The lowest BCUT2D eigenvalue weighted by molar-refractivity contribution is -0.889. The monoisotopic (exact) mass is 344 g/mol. The van der Waals surface area contributed by atoms with Crippen LogP contribution in [0.25, 0.3) is 0 Å². The molecule has 0 atom stereocenters. The van der Waals surface area contributed by atoms with E-state index in [0.29, 0.717) is 19.4 Å². The fourth-order valence-electron chi connectivity index (χ4n) is 3.80. The average Bonchev–Trinajstić information content (AvgIpc) is 2.45. The third-order valence-electron chi connectivity index (χ3n) is 4.85. The Morgan fingerprint density at radius 2 is 1.58 bits per heavy atom. The molecule has 0 saturated carbocycles. The first kappa shape index (κ1) is 23.4. The molecule has 0 aromatic rings. The van der Waals surface area contributed by atoms with Crippen LogP contribution in [0.4, 0.5) is 0 Å². The van der Waals surface area contributed by atoms with Gasteiger partial charge in [0.25, 0.3) is 0 Å². The standard InChI is InChI=1S/C17H35N3O2.C2H6/c1-8-10-20(6,7)11-9-18-15(21)14-12-16(2,3)19(22)17(4,5)13-14;1-2/h14,22H,8-13H2,1-7H3;1-2H3/p+1. The molecule has 5 heteroatoms. The van der Waals surface area contributed by atoms with Gasteiger partial charge in [0.15, 0.2) is 0 Å². The summed E-state index contributed by atoms with van der Waals surface area (Å²) in [6.45, 7) is 17.0. The van der Waals surface area contributed by atoms with Crippen LogP contribution in [-0.4, -0.2) is 65.5 Å². The zero-order valence-electron chi connectivity index (χ0n) is 17.6. The molecule has 1 amide bonds. The molecule has 0 radical (unpaired) electrons. The van der Waals surface area contributed by atoms with Crippen molar-refractivity contribution in [2.24, 2.45) is 5.92 Å². The molecule has 144 valence electrons. The van der Waals surface area contributed by atoms with Crippen LogP contribution < -0.4 is 5.32 Å². The number of carbonyl (C=O) groups is 1. The number of likely N-dealkylation sites (N-methyl/N-ethyl adjacent to an activating group) is 1. The first-order valence-electron chi connectivity index (χ1n) is 9.50. The van der Waals surface area contributed by atoms with E-state index in [1.54, 1.807) is 0 Å². The molecule has 2 N–H and O–H groups in total. The topological polar surface area (TPSA) is 52.6 Å². The summed E-state index contributed by atoms with van der Waals surface area (Å²) in [6.07, 6.45) is 2.52. The van der Waals surface area contributed by atoms with Crippen molar-refractivity contribution in [2.75, 3.05) is 33.7 Å². The second kappa shape index (κ2) is 9.16. The Morgan fingerprint density at radius 1 is 1.12 bits per heavy atom. The van der Waals surface area contributed by atoms with Gasteiger partial charge in [-0.3, -0.25) is 4.79 Å². The highest BCUT2D eigenvalue weighted by Crippen LogP contribution is 2.39. The zero-order chi connectivity index (χ0) is 19.2. The zero-order valence-corrected chi connectivity index (χ0v) is 17.6. The van der Waals surface area contributed by atoms with E-state index < -0.39 is 0 Å². The van der Waals surface area contributed by atoms with E-state index in [2.05, 4.69) is 26.3 Å². The molecule has 0 spiro atoms. The van der Waals surface area contributed by atoms with E-state index >= 15 is 0 Å². The Hall–Kier alpha value is -0.650. The number of quaternary nitrogens is 1. The minimum Gasteiger partial charge on any atom is -0.350 e. The Labute approximate surface area is 149 Å². The lowest BCUT2D eigenvalue weighted by atomic mass is 9.75. The van der Waals surface area contributed by atoms with Crippen molar-refractivity contribution in [1.82, 2.24) is 10.4 Å². The van der Waals surface area contributed by atoms with Gasteiger partial charge in [0.2, 0.25) is 5.91 Å². The Balaban J connectivity index is 0.00000254. The maximum atomic E-state index is 12.5. The van der Waals surface area contributed by atoms with Crippen molar-refractivity contribution < 1.29 is 14.5 Å². The van der Waals surface area contributed by atoms with E-state index in [0.717, 1.165) is 24.0 Å². The normalized spacial score (nSPS) is 20.9. The van der Waals surface area contributed by atoms with Gasteiger partial charge in [-0.25, -0.2) is 0 Å². The molecule has 1 aliphatic heterocycles. The first-order valence-corrected chi connectivity index (χ1v) is 9.50. The molecule has 1 heterocycles. The molecule has 1 fully saturated rings. The molecule has 24 heavy (non-hydrogen) atoms. The summed E-state index contributed by atoms with van der Waals surface area (Å²) in [4.78, 5) is 12.5. The summed E-state index contributed by atoms with van der Waals surface area (Å²) < 4.78 is 0.933. The quantitative estimate of drug-likeness (QED) is 0.727. The molecular weight excluding hydrogens is 302 g/mol. The number of amides is 1. The average molecular weight is 345 g/mol. The number of hydroxylamine groups is 2. The summed E-state index contributed by atoms with van der Waals surface area (Å²) in [5.74, 6) is 0.0981. The Bertz CT molecular complexity index is 374. The van der Waals surface area contributed by atoms with Crippen molar-refractivity contribution in [1.29, 1.82) is 0 Å². The predicted octanol–water partition coefficient (Wildman–Crippen LogP) is 3.27. The number of nitrogens with zero attached hydrogens (tertiary/aromatic N) is 2. The van der Waals surface area contributed by atoms with Crippen molar-refractivity contribution >= 4 is 5.91 Å². The molecule has 0 aromatic heterocycles. The number of nitrogens with one attached hydrogen (secondary N) is 1. The van der Waals surface area contributed by atoms with E-state index in [-0.39, 0.29) is 22.9 Å². The van der Waals surface area contributed by atoms with Gasteiger partial charge >= 0.3 is 0 Å². The fourth-order valence-corrected chi connectivity index (χ4v) is 3.80. The molecule has 5 nitrogen and oxygen atoms in total. The molecular formula is C19H42N3O2+. The van der Waals surface area contributed by atoms with Crippen LogP contribution in [-0.2, 0) is 4.79 Å². The van der Waals surface area contributed by atoms with E-state index in [1.807, 2.05) is 41.5 Å². The van der Waals surface area contributed by atoms with Gasteiger partial charge in [-0.05, 0) is 47.0 Å². The van der Waals surface area contributed by atoms with Gasteiger partial charge in [-0.1, -0.05) is 20.8 Å². The largest absolute Gasteiger partial charge is 0.350 e. The highest BCUT2D eigenvalue weighted by molar-refractivity contribution is 5.79. The fraction of sp³-hybridized carbons (Fsp3) is 0.947. The number of hydrogen-bond donors (Lipinski definition) is 2. The lowest BCUT2D eigenvalue weighted by Gasteiger charge is -2.51. The van der Waals surface area contributed by atoms with Crippen LogP contribution in [0.3, 0.4) is 0 Å². The summed E-state index contributed by atoms with van der Waals surface area (Å²) >= 11 is 0. The molecule has 1 aliphatic rings. The maximum Gasteiger partial charge on any atom is 0.223 e. The maximum absolute atomic E-state index is 12.5. The smallest absolute Gasteiger partial charge is 0.223 e. The van der Waals surface area contributed by atoms with E-state index in [1.165, 1.54) is 5.06 Å². The molecule has 0 unspecified atom stereocenters. The third-order valence-corrected chi connectivity index (χ3v) is 4.85. The third kappa shape index (κ3) is 6.69. The van der Waals surface area contributed by atoms with Crippen molar-refractivity contribution in [3.05, 3.63) is 0 Å². The SMILES string of the molecule is CC.CCC[N+](C)(C)CCNC(=O)C1CC(C)(C)N(O)C(C)(C)C1. The van der Waals surface area contributed by atoms with Crippen LogP contribution >= 0.6 is 0 Å². The second-order valence-electron chi connectivity index (χ2n) is 8.72. The number of rotatable bonds is 6. The highest BCUT2D eigenvalue weighted by Gasteiger charge is 2.46. The summed E-state index contributed by atoms with van der Waals surface area (Å²) in [6, 6.07) is 0. The number of carbonyl (C=O) groups excluding carboxylic acids is 1. The Morgan fingerprint density at radius 3 is 2.00 bits per heavy atom. The number of hydrogen-bond acceptors (Lipinski definition) is 3. The molecule has 1 rings (SSSR count). The first-order chi connectivity index (χ1) is 10.9. The van der Waals surface area contributed by atoms with Crippen LogP contribution in [0.2, 0.25) is 0 Å². The van der Waals surface area contributed by atoms with Gasteiger partial charge in [0.1, 0.15) is 0 Å². The molecule has 0 aliphatic carbocycles. The van der Waals surface area contributed by atoms with Gasteiger partial charge in [0.05, 0.1) is 33.7 Å². The van der Waals surface area contributed by atoms with E-state index in [9.17, 15) is 10.0 Å². The molecule has 1 saturated heterocycles. The summed E-state index contributed by atoms with van der Waals surface area (Å²) in [5.41, 5.74) is -0.747. The minimum absolute atomic E-state index is 0.0322. The van der Waals surface area contributed by atoms with Gasteiger partial charge in [-0.2, -0.15) is 5.06 Å². The van der Waals surface area contributed by atoms with Crippen molar-refractivity contribution in [2.45, 2.75) is 78.8 Å². The molecule has 0 aromatic carbocycles. The molecule has 0 bridgehead atoms. The highest BCUT2D eigenvalue weighted by atomic mass is 16.5. The van der Waals surface area contributed by atoms with E-state index in [4.69, 9.17) is 0 Å². The Kier molecular flexibility index (Phi) is 8.91. The summed E-state index contributed by atoms with van der Waals surface area (Å²) in [7, 11) is 4.40. The number of piperidine rings is 1. The van der Waals surface area contributed by atoms with Crippen LogP contribution in [0.1, 0.15) is 67.7 Å². The summed E-state index contributed by atoms with van der Waals surface area (Å²) in [5, 5.41) is 14.8. The predicted molar refractivity (Wildman–Crippen MR) is 101 cm³/mol. The van der Waals surface area contributed by atoms with Gasteiger partial charge in [0, 0.05) is 17.0 Å². The van der Waals surface area contributed by atoms with Crippen molar-refractivity contribution in [3.8, 4) is 0 Å². The van der Waals surface area contributed by atoms with Gasteiger partial charge in [-0.15, -0.1) is 0 Å². The minimum atomic E-state index is -0.374. The van der Waals surface area contributed by atoms with Crippen LogP contribution in [0.5, 0.6) is 0 Å². The van der Waals surface area contributed by atoms with Crippen LogP contribution in [0.15, 0.2) is 0 Å².